The van der Waals surface area contributed by atoms with Gasteiger partial charge in [0.1, 0.15) is 0 Å². The van der Waals surface area contributed by atoms with Gasteiger partial charge in [-0.1, -0.05) is 74.5 Å². The predicted octanol–water partition coefficient (Wildman–Crippen LogP) is 4.81. The molecule has 1 saturated heterocycles. The number of ether oxygens (including phenoxy) is 1. The minimum Gasteiger partial charge on any atom is -0.381 e. The molecule has 0 bridgehead atoms. The zero-order valence-electron chi connectivity index (χ0n) is 23.8. The number of ketones is 4. The lowest BCUT2D eigenvalue weighted by Gasteiger charge is -2.24. The summed E-state index contributed by atoms with van der Waals surface area (Å²) in [5.74, 6) is -3.28. The fourth-order valence-corrected chi connectivity index (χ4v) is 5.08. The lowest BCUT2D eigenvalue weighted by Crippen LogP contribution is -2.44. The highest BCUT2D eigenvalue weighted by molar-refractivity contribution is 6.38. The van der Waals surface area contributed by atoms with Crippen molar-refractivity contribution in [3.63, 3.8) is 0 Å². The van der Waals surface area contributed by atoms with Gasteiger partial charge in [-0.05, 0) is 43.6 Å². The monoisotopic (exact) mass is 547 g/mol. The van der Waals surface area contributed by atoms with Crippen LogP contribution in [0.1, 0.15) is 68.8 Å². The molecule has 3 rings (SSSR count). The smallest absolute Gasteiger partial charge is 0.224 e. The van der Waals surface area contributed by atoms with E-state index in [9.17, 15) is 24.0 Å². The normalized spacial score (nSPS) is 16.1. The van der Waals surface area contributed by atoms with Gasteiger partial charge in [0.2, 0.25) is 11.7 Å². The van der Waals surface area contributed by atoms with E-state index in [0.29, 0.717) is 25.2 Å². The molecule has 1 heterocycles. The van der Waals surface area contributed by atoms with E-state index in [-0.39, 0.29) is 42.7 Å². The number of carbonyl (C=O) groups is 5. The lowest BCUT2D eigenvalue weighted by atomic mass is 9.81. The van der Waals surface area contributed by atoms with Crippen LogP contribution in [-0.4, -0.2) is 48.3 Å². The maximum absolute atomic E-state index is 13.4. The van der Waals surface area contributed by atoms with E-state index in [1.807, 2.05) is 50.2 Å². The van der Waals surface area contributed by atoms with Gasteiger partial charge in [-0.15, -0.1) is 0 Å². The molecule has 1 aliphatic rings. The van der Waals surface area contributed by atoms with Crippen molar-refractivity contribution >= 4 is 29.0 Å². The number of hydrogen-bond acceptors (Lipinski definition) is 6. The first-order chi connectivity index (χ1) is 19.2. The van der Waals surface area contributed by atoms with Gasteiger partial charge in [0.25, 0.3) is 0 Å². The maximum Gasteiger partial charge on any atom is 0.224 e. The molecule has 0 aliphatic carbocycles. The number of amides is 1. The Morgan fingerprint density at radius 3 is 2.05 bits per heavy atom. The predicted molar refractivity (Wildman–Crippen MR) is 153 cm³/mol. The van der Waals surface area contributed by atoms with Crippen molar-refractivity contribution < 1.29 is 28.7 Å². The van der Waals surface area contributed by atoms with Gasteiger partial charge in [0.15, 0.2) is 17.3 Å². The Morgan fingerprint density at radius 1 is 0.850 bits per heavy atom. The number of carbonyl (C=O) groups excluding carboxylic acids is 5. The van der Waals surface area contributed by atoms with Gasteiger partial charge >= 0.3 is 0 Å². The van der Waals surface area contributed by atoms with Crippen molar-refractivity contribution in [3.8, 4) is 0 Å². The summed E-state index contributed by atoms with van der Waals surface area (Å²) in [4.78, 5) is 65.3. The van der Waals surface area contributed by atoms with Crippen LogP contribution in [0.25, 0.3) is 0 Å². The van der Waals surface area contributed by atoms with E-state index in [4.69, 9.17) is 4.74 Å². The van der Waals surface area contributed by atoms with Gasteiger partial charge < -0.3 is 10.1 Å². The van der Waals surface area contributed by atoms with Crippen molar-refractivity contribution in [2.24, 2.45) is 23.7 Å². The van der Waals surface area contributed by atoms with Gasteiger partial charge in [-0.3, -0.25) is 24.0 Å². The van der Waals surface area contributed by atoms with Crippen LogP contribution in [0.4, 0.5) is 0 Å². The molecular formula is C33H41NO6. The zero-order chi connectivity index (χ0) is 29.1. The van der Waals surface area contributed by atoms with Gasteiger partial charge in [-0.2, -0.15) is 0 Å². The first kappa shape index (κ1) is 31.1. The lowest BCUT2D eigenvalue weighted by molar-refractivity contribution is -0.142. The summed E-state index contributed by atoms with van der Waals surface area (Å²) >= 11 is 0. The second kappa shape index (κ2) is 15.4. The Balaban J connectivity index is 1.64. The average molecular weight is 548 g/mol. The second-order valence-corrected chi connectivity index (χ2v) is 11.2. The minimum atomic E-state index is -0.864. The summed E-state index contributed by atoms with van der Waals surface area (Å²) in [6.45, 7) is 6.43. The summed E-state index contributed by atoms with van der Waals surface area (Å²) in [5, 5.41) is 2.78. The Morgan fingerprint density at radius 2 is 1.45 bits per heavy atom. The highest BCUT2D eigenvalue weighted by atomic mass is 16.5. The summed E-state index contributed by atoms with van der Waals surface area (Å²) in [6.07, 6.45) is 1.92. The third kappa shape index (κ3) is 9.33. The molecule has 1 fully saturated rings. The van der Waals surface area contributed by atoms with Crippen LogP contribution in [0.3, 0.4) is 0 Å². The van der Waals surface area contributed by atoms with Gasteiger partial charge in [0.05, 0.1) is 6.04 Å². The number of Topliss-reactive ketones (excluding diaryl/α,β-unsaturated/α-hetero) is 4. The molecule has 7 heteroatoms. The van der Waals surface area contributed by atoms with Crippen LogP contribution < -0.4 is 5.32 Å². The number of benzene rings is 2. The Kier molecular flexibility index (Phi) is 11.9. The molecule has 2 aromatic carbocycles. The summed E-state index contributed by atoms with van der Waals surface area (Å²) in [7, 11) is 0. The molecule has 1 N–H and O–H groups in total. The fraction of sp³-hybridized carbons (Fsp3) is 0.485. The standard InChI is InChI=1S/C33H41NO6/c1-22(2)28(32(38)31(37)19-25-14-16-40-17-15-25)21-29(35)23(3)34-33(39)27(18-24-10-6-4-7-11-24)20-30(36)26-12-8-5-9-13-26/h4-13,22-23,25,27-28H,14-21H2,1-3H3,(H,34,39)/t23-,27+,28-/m0/s1. The van der Waals surface area contributed by atoms with Crippen molar-refractivity contribution in [2.75, 3.05) is 13.2 Å². The first-order valence-electron chi connectivity index (χ1n) is 14.3. The van der Waals surface area contributed by atoms with Crippen LogP contribution >= 0.6 is 0 Å². The second-order valence-electron chi connectivity index (χ2n) is 11.2. The summed E-state index contributed by atoms with van der Waals surface area (Å²) in [6, 6.07) is 17.4. The fourth-order valence-electron chi connectivity index (χ4n) is 5.08. The largest absolute Gasteiger partial charge is 0.381 e. The zero-order valence-corrected chi connectivity index (χ0v) is 23.8. The Labute approximate surface area is 237 Å². The van der Waals surface area contributed by atoms with Crippen LogP contribution in [-0.2, 0) is 30.3 Å². The molecule has 3 atom stereocenters. The molecule has 40 heavy (non-hydrogen) atoms. The van der Waals surface area contributed by atoms with Crippen LogP contribution in [0.2, 0.25) is 0 Å². The first-order valence-corrected chi connectivity index (χ1v) is 14.3. The van der Waals surface area contributed by atoms with E-state index < -0.39 is 35.4 Å². The highest BCUT2D eigenvalue weighted by Crippen LogP contribution is 2.24. The van der Waals surface area contributed by atoms with E-state index in [0.717, 1.165) is 18.4 Å². The van der Waals surface area contributed by atoms with Crippen molar-refractivity contribution in [1.29, 1.82) is 0 Å². The van der Waals surface area contributed by atoms with Crippen molar-refractivity contribution in [3.05, 3.63) is 71.8 Å². The molecule has 1 amide bonds. The quantitative estimate of drug-likeness (QED) is 0.253. The van der Waals surface area contributed by atoms with Gasteiger partial charge in [0, 0.05) is 49.9 Å². The van der Waals surface area contributed by atoms with Crippen LogP contribution in [0, 0.1) is 23.7 Å². The molecular weight excluding hydrogens is 506 g/mol. The molecule has 0 unspecified atom stereocenters. The minimum absolute atomic E-state index is 0.000531. The molecule has 0 radical (unpaired) electrons. The van der Waals surface area contributed by atoms with Crippen molar-refractivity contribution in [2.45, 2.75) is 65.3 Å². The Hall–Kier alpha value is -3.45. The van der Waals surface area contributed by atoms with E-state index in [1.54, 1.807) is 31.2 Å². The SMILES string of the molecule is CC(C)[C@H](CC(=O)[C@H](C)NC(=O)[C@@H](CC(=O)c1ccccc1)Cc1ccccc1)C(=O)C(=O)CC1CCOCC1. The molecule has 0 spiro atoms. The van der Waals surface area contributed by atoms with E-state index in [2.05, 4.69) is 5.32 Å². The Bertz CT molecular complexity index is 1150. The number of nitrogens with one attached hydrogen (secondary N) is 1. The van der Waals surface area contributed by atoms with Crippen molar-refractivity contribution in [1.82, 2.24) is 5.32 Å². The summed E-state index contributed by atoms with van der Waals surface area (Å²) in [5.41, 5.74) is 1.44. The summed E-state index contributed by atoms with van der Waals surface area (Å²) < 4.78 is 5.34. The molecule has 0 saturated carbocycles. The van der Waals surface area contributed by atoms with E-state index in [1.165, 1.54) is 0 Å². The van der Waals surface area contributed by atoms with E-state index >= 15 is 0 Å². The maximum atomic E-state index is 13.4. The molecule has 1 aliphatic heterocycles. The number of rotatable bonds is 15. The molecule has 214 valence electrons. The van der Waals surface area contributed by atoms with Crippen LogP contribution in [0.15, 0.2) is 60.7 Å². The average Bonchev–Trinajstić information content (AvgIpc) is 2.96. The van der Waals surface area contributed by atoms with Crippen LogP contribution in [0.5, 0.6) is 0 Å². The topological polar surface area (TPSA) is 107 Å². The third-order valence-corrected chi connectivity index (χ3v) is 7.72. The molecule has 0 aromatic heterocycles. The highest BCUT2D eigenvalue weighted by Gasteiger charge is 2.33. The third-order valence-electron chi connectivity index (χ3n) is 7.72. The number of hydrogen-bond donors (Lipinski definition) is 1. The molecule has 2 aromatic rings. The molecule has 7 nitrogen and oxygen atoms in total. The van der Waals surface area contributed by atoms with Gasteiger partial charge in [-0.25, -0.2) is 0 Å².